The summed E-state index contributed by atoms with van der Waals surface area (Å²) >= 11 is 0. The van der Waals surface area contributed by atoms with Crippen LogP contribution in [0.25, 0.3) is 33.5 Å². The Hall–Kier alpha value is -8.32. The van der Waals surface area contributed by atoms with E-state index in [-0.39, 0.29) is 31.2 Å². The minimum Gasteiger partial charge on any atom is -0.467 e. The molecule has 6 aromatic heterocycles. The fraction of sp³-hybridized carbons (Fsp3) is 0.556. The molecule has 0 aromatic carbocycles. The van der Waals surface area contributed by atoms with Crippen LogP contribution in [0.15, 0.2) is 49.3 Å². The number of aromatic nitrogens is 10. The van der Waals surface area contributed by atoms with Gasteiger partial charge in [-0.05, 0) is 109 Å². The number of ether oxygens (including phenoxy) is 6. The number of hydrogen-bond donors (Lipinski definition) is 1. The van der Waals surface area contributed by atoms with Crippen LogP contribution in [0, 0.1) is 0 Å². The monoisotopic (exact) mass is 1110 g/mol. The number of amides is 4. The molecule has 0 saturated carbocycles. The van der Waals surface area contributed by atoms with Gasteiger partial charge in [-0.3, -0.25) is 19.2 Å². The lowest BCUT2D eigenvalue weighted by Crippen LogP contribution is -2.52. The van der Waals surface area contributed by atoms with E-state index in [1.807, 2.05) is 13.2 Å². The second-order valence-corrected chi connectivity index (χ2v) is 23.7. The zero-order chi connectivity index (χ0) is 59.0. The minimum absolute atomic E-state index is 0.0162. The van der Waals surface area contributed by atoms with Crippen molar-refractivity contribution in [2.45, 2.75) is 155 Å². The minimum atomic E-state index is -0.978. The number of nitrogens with two attached hydrogens (primary N) is 1. The largest absolute Gasteiger partial charge is 0.467 e. The maximum atomic E-state index is 13.7. The normalized spacial score (nSPS) is 18.0. The van der Waals surface area contributed by atoms with Crippen LogP contribution in [0.2, 0.25) is 0 Å². The summed E-state index contributed by atoms with van der Waals surface area (Å²) in [6.45, 7) is 21.0. The Morgan fingerprint density at radius 3 is 1.30 bits per heavy atom. The highest BCUT2D eigenvalue weighted by Crippen LogP contribution is 2.37. The van der Waals surface area contributed by atoms with Gasteiger partial charge in [0.1, 0.15) is 40.3 Å². The summed E-state index contributed by atoms with van der Waals surface area (Å²) in [5, 5.41) is 17.4. The van der Waals surface area contributed by atoms with Crippen molar-refractivity contribution < 1.29 is 57.2 Å². The number of fused-ring (bicyclic) bond motifs is 2. The Bertz CT molecular complexity index is 3250. The lowest BCUT2D eigenvalue weighted by molar-refractivity contribution is -0.148. The van der Waals surface area contributed by atoms with Crippen molar-refractivity contribution >= 4 is 59.2 Å². The Morgan fingerprint density at radius 2 is 0.925 bits per heavy atom. The quantitative estimate of drug-likeness (QED) is 0.118. The highest BCUT2D eigenvalue weighted by Gasteiger charge is 2.43. The number of anilines is 2. The zero-order valence-electron chi connectivity index (χ0n) is 48.5. The summed E-state index contributed by atoms with van der Waals surface area (Å²) in [7, 11) is 6.20. The van der Waals surface area contributed by atoms with Gasteiger partial charge < -0.3 is 34.2 Å². The van der Waals surface area contributed by atoms with E-state index in [9.17, 15) is 28.8 Å². The predicted octanol–water partition coefficient (Wildman–Crippen LogP) is 7.83. The highest BCUT2D eigenvalue weighted by molar-refractivity contribution is 6.09. The van der Waals surface area contributed by atoms with Gasteiger partial charge in [-0.15, -0.1) is 0 Å². The Kier molecular flexibility index (Phi) is 16.9. The summed E-state index contributed by atoms with van der Waals surface area (Å²) in [6.07, 6.45) is 8.90. The molecule has 26 heteroatoms. The lowest BCUT2D eigenvalue weighted by atomic mass is 9.90. The number of rotatable bonds is 7. The van der Waals surface area contributed by atoms with E-state index < -0.39 is 76.7 Å². The molecular weight excluding hydrogens is 1040 g/mol. The third kappa shape index (κ3) is 13.9. The maximum absolute atomic E-state index is 13.7. The van der Waals surface area contributed by atoms with E-state index in [0.717, 1.165) is 21.7 Å². The smallest absolute Gasteiger partial charge is 0.425 e. The van der Waals surface area contributed by atoms with Crippen molar-refractivity contribution in [3.8, 4) is 22.3 Å². The molecule has 2 aliphatic heterocycles. The average Bonchev–Trinajstić information content (AvgIpc) is 4.18. The van der Waals surface area contributed by atoms with Crippen LogP contribution in [0.1, 0.15) is 132 Å². The van der Waals surface area contributed by atoms with Crippen molar-refractivity contribution in [1.82, 2.24) is 58.6 Å². The molecule has 2 N–H and O–H groups in total. The number of hydrogen-bond acceptors (Lipinski definition) is 19. The Morgan fingerprint density at radius 1 is 0.537 bits per heavy atom. The molecule has 4 atom stereocenters. The summed E-state index contributed by atoms with van der Waals surface area (Å²) in [5.41, 5.74) is 7.96. The summed E-state index contributed by atoms with van der Waals surface area (Å²) in [5.74, 6) is -1.15. The third-order valence-corrected chi connectivity index (χ3v) is 12.6. The number of carbonyl (C=O) groups excluding carboxylic acids is 6. The van der Waals surface area contributed by atoms with Crippen LogP contribution in [0.5, 0.6) is 0 Å². The molecule has 26 nitrogen and oxygen atoms in total. The van der Waals surface area contributed by atoms with Crippen LogP contribution in [0.3, 0.4) is 0 Å². The first-order valence-corrected chi connectivity index (χ1v) is 26.2. The molecule has 8 rings (SSSR count). The number of nitrogen functional groups attached to an aromatic ring is 1. The van der Waals surface area contributed by atoms with Crippen LogP contribution >= 0.6 is 0 Å². The van der Waals surface area contributed by atoms with Gasteiger partial charge >= 0.3 is 36.3 Å². The fourth-order valence-electron chi connectivity index (χ4n) is 9.18. The van der Waals surface area contributed by atoms with E-state index in [1.54, 1.807) is 147 Å². The van der Waals surface area contributed by atoms with Crippen molar-refractivity contribution in [2.24, 2.45) is 14.1 Å². The molecule has 2 aliphatic rings. The molecule has 432 valence electrons. The van der Waals surface area contributed by atoms with Gasteiger partial charge in [0.15, 0.2) is 17.1 Å². The molecule has 0 spiro atoms. The molecule has 0 radical (unpaired) electrons. The number of methoxy groups -OCH3 is 2. The molecule has 0 unspecified atom stereocenters. The van der Waals surface area contributed by atoms with Gasteiger partial charge in [-0.25, -0.2) is 38.7 Å². The topological polar surface area (TPSA) is 290 Å². The molecule has 0 aliphatic carbocycles. The molecule has 8 heterocycles. The average molecular weight is 1110 g/mol. The van der Waals surface area contributed by atoms with Crippen LogP contribution in [-0.4, -0.2) is 157 Å². The second kappa shape index (κ2) is 22.8. The molecule has 80 heavy (non-hydrogen) atoms. The number of nitrogens with zero attached hydrogens (tertiary/aromatic N) is 13. The number of imide groups is 1. The summed E-state index contributed by atoms with van der Waals surface area (Å²) < 4.78 is 38.7. The van der Waals surface area contributed by atoms with Gasteiger partial charge in [-0.1, -0.05) is 0 Å². The first-order valence-electron chi connectivity index (χ1n) is 26.2. The van der Waals surface area contributed by atoms with Crippen molar-refractivity contribution in [3.05, 3.63) is 60.7 Å². The summed E-state index contributed by atoms with van der Waals surface area (Å²) in [4.78, 5) is 92.2. The summed E-state index contributed by atoms with van der Waals surface area (Å²) in [6, 6.07) is 1.75. The number of piperidine rings is 2. The van der Waals surface area contributed by atoms with E-state index in [0.29, 0.717) is 53.2 Å². The Balaban J connectivity index is 0.000000245. The van der Waals surface area contributed by atoms with Crippen molar-refractivity contribution in [2.75, 3.05) is 37.9 Å². The SMILES string of the molecule is COC(=O)[C@@H]1CC[C@H](c2cc(N(C(=O)OC(C)(C)C)C(=O)OC(C)(C)C)n3ncc(-c4cnn(C)c4)c3n2)CN1C(=O)OC(C)(C)C.COC(=O)[C@@H]1CC[C@H](c2cc(N)n3ncc(-c4cnn(C)c4)c3n2)CN1C(=O)OC(C)(C)C. The van der Waals surface area contributed by atoms with E-state index in [1.165, 1.54) is 28.5 Å². The third-order valence-electron chi connectivity index (χ3n) is 12.6. The van der Waals surface area contributed by atoms with Gasteiger partial charge in [0.05, 0.1) is 50.4 Å². The molecule has 6 aromatic rings. The van der Waals surface area contributed by atoms with Crippen LogP contribution in [-0.2, 0) is 52.1 Å². The van der Waals surface area contributed by atoms with Crippen LogP contribution < -0.4 is 10.6 Å². The number of likely N-dealkylation sites (tertiary alicyclic amines) is 2. The second-order valence-electron chi connectivity index (χ2n) is 23.7. The fourth-order valence-corrected chi connectivity index (χ4v) is 9.18. The first kappa shape index (κ1) is 59.3. The first-order chi connectivity index (χ1) is 37.2. The highest BCUT2D eigenvalue weighted by atomic mass is 16.6. The zero-order valence-corrected chi connectivity index (χ0v) is 48.5. The van der Waals surface area contributed by atoms with Crippen molar-refractivity contribution in [3.63, 3.8) is 0 Å². The van der Waals surface area contributed by atoms with Crippen LogP contribution in [0.4, 0.5) is 30.8 Å². The molecule has 0 bridgehead atoms. The van der Waals surface area contributed by atoms with Gasteiger partial charge in [-0.2, -0.15) is 34.3 Å². The predicted molar refractivity (Wildman–Crippen MR) is 291 cm³/mol. The number of esters is 2. The van der Waals surface area contributed by atoms with E-state index >= 15 is 0 Å². The lowest BCUT2D eigenvalue weighted by Gasteiger charge is -2.38. The van der Waals surface area contributed by atoms with E-state index in [4.69, 9.17) is 44.1 Å². The molecule has 4 amide bonds. The van der Waals surface area contributed by atoms with Gasteiger partial charge in [0, 0.05) is 85.8 Å². The standard InChI is InChI=1S/C32H45N7O8.C22H29N7O4/c1-30(2,3)45-27(41)37-18-19(12-13-23(37)26(40)44-11)22-14-24(38(28(42)46-31(4,5)6)29(43)47-32(7,8)9)39-25(35-22)21(16-34-39)20-15-33-36(10)17-20;1-22(2,3)33-21(31)28-12-13(6-7-17(28)20(30)32-5)16-8-18(23)29-19(26-16)15(10-25-29)14-9-24-27(4)11-14/h14-17,19,23H,12-13,18H2,1-11H3;8-11,13,17H,6-7,12,23H2,1-5H3/t19-,23-;13-,17-/m00/s1. The number of carbonyl (C=O) groups is 6. The Labute approximate surface area is 463 Å². The number of aryl methyl sites for hydroxylation is 2. The molecule has 2 saturated heterocycles. The maximum Gasteiger partial charge on any atom is 0.425 e. The molecular formula is C54H74N14O12. The molecule has 2 fully saturated rings. The van der Waals surface area contributed by atoms with E-state index in [2.05, 4.69) is 20.4 Å². The van der Waals surface area contributed by atoms with Crippen molar-refractivity contribution in [1.29, 1.82) is 0 Å². The van der Waals surface area contributed by atoms with Gasteiger partial charge in [0.2, 0.25) is 0 Å². The van der Waals surface area contributed by atoms with Gasteiger partial charge in [0.25, 0.3) is 0 Å².